The largest absolute Gasteiger partial charge is 0.456 e. The highest BCUT2D eigenvalue weighted by molar-refractivity contribution is 5.94. The second-order valence-corrected chi connectivity index (χ2v) is 10.9. The molecule has 0 amide bonds. The normalized spacial score (nSPS) is 11.4. The van der Waals surface area contributed by atoms with Gasteiger partial charge >= 0.3 is 23.9 Å². The first-order valence-electron chi connectivity index (χ1n) is 13.9. The molecule has 218 valence electrons. The Morgan fingerprint density at radius 2 is 0.950 bits per heavy atom. The van der Waals surface area contributed by atoms with Crippen LogP contribution in [0.25, 0.3) is 0 Å². The minimum Gasteiger partial charge on any atom is -0.456 e. The summed E-state index contributed by atoms with van der Waals surface area (Å²) in [6.07, 6.45) is 3.98. The maximum Gasteiger partial charge on any atom is 0.342 e. The van der Waals surface area contributed by atoms with E-state index < -0.39 is 35.1 Å². The van der Waals surface area contributed by atoms with E-state index in [4.69, 9.17) is 18.9 Å². The molecule has 40 heavy (non-hydrogen) atoms. The van der Waals surface area contributed by atoms with E-state index in [0.29, 0.717) is 25.7 Å². The lowest BCUT2D eigenvalue weighted by Crippen LogP contribution is -2.28. The Morgan fingerprint density at radius 3 is 1.30 bits per heavy atom. The van der Waals surface area contributed by atoms with E-state index in [1.54, 1.807) is 48.5 Å². The van der Waals surface area contributed by atoms with Crippen molar-refractivity contribution in [1.82, 2.24) is 0 Å². The molecule has 0 bridgehead atoms. The SMILES string of the molecule is CCCC(C)(C)OC(=O)c1ccccc1OC(=O)CCCCC(=O)Oc1ccccc1C(=O)OC(C)(C)CCC. The van der Waals surface area contributed by atoms with Crippen LogP contribution in [-0.4, -0.2) is 35.1 Å². The molecule has 2 aromatic carbocycles. The molecule has 0 aliphatic heterocycles. The molecule has 0 heterocycles. The molecular weight excluding hydrogens is 512 g/mol. The fraction of sp³-hybridized carbons (Fsp3) is 0.500. The molecule has 0 aliphatic rings. The van der Waals surface area contributed by atoms with Crippen LogP contribution in [0.5, 0.6) is 11.5 Å². The Labute approximate surface area is 237 Å². The summed E-state index contributed by atoms with van der Waals surface area (Å²) in [5.74, 6) is -1.89. The first kappa shape index (κ1) is 32.5. The smallest absolute Gasteiger partial charge is 0.342 e. The molecule has 0 fully saturated rings. The third kappa shape index (κ3) is 10.8. The molecule has 0 radical (unpaired) electrons. The van der Waals surface area contributed by atoms with Crippen molar-refractivity contribution in [3.05, 3.63) is 59.7 Å². The highest BCUT2D eigenvalue weighted by Gasteiger charge is 2.26. The summed E-state index contributed by atoms with van der Waals surface area (Å²) in [6, 6.07) is 12.9. The van der Waals surface area contributed by atoms with Crippen LogP contribution in [-0.2, 0) is 19.1 Å². The molecule has 0 saturated carbocycles. The van der Waals surface area contributed by atoms with Crippen molar-refractivity contribution in [3.63, 3.8) is 0 Å². The minimum absolute atomic E-state index is 0.0490. The van der Waals surface area contributed by atoms with Crippen molar-refractivity contribution in [2.75, 3.05) is 0 Å². The molecule has 0 atom stereocenters. The minimum atomic E-state index is -0.635. The maximum atomic E-state index is 12.7. The first-order chi connectivity index (χ1) is 18.9. The van der Waals surface area contributed by atoms with Crippen molar-refractivity contribution >= 4 is 23.9 Å². The van der Waals surface area contributed by atoms with Crippen LogP contribution in [0.1, 0.15) is 114 Å². The number of unbranched alkanes of at least 4 members (excludes halogenated alkanes) is 1. The van der Waals surface area contributed by atoms with Gasteiger partial charge in [0.25, 0.3) is 0 Å². The number of ether oxygens (including phenoxy) is 4. The number of carbonyl (C=O) groups excluding carboxylic acids is 4. The van der Waals surface area contributed by atoms with Gasteiger partial charge in [-0.25, -0.2) is 9.59 Å². The van der Waals surface area contributed by atoms with Crippen molar-refractivity contribution in [2.45, 2.75) is 104 Å². The Bertz CT molecular complexity index is 1070. The topological polar surface area (TPSA) is 105 Å². The lowest BCUT2D eigenvalue weighted by atomic mass is 10.0. The third-order valence-corrected chi connectivity index (χ3v) is 6.12. The van der Waals surface area contributed by atoms with Gasteiger partial charge in [-0.15, -0.1) is 0 Å². The Kier molecular flexibility index (Phi) is 12.4. The van der Waals surface area contributed by atoms with Gasteiger partial charge in [-0.2, -0.15) is 0 Å². The van der Waals surface area contributed by atoms with Crippen LogP contribution < -0.4 is 9.47 Å². The molecule has 8 nitrogen and oxygen atoms in total. The predicted molar refractivity (Wildman–Crippen MR) is 151 cm³/mol. The summed E-state index contributed by atoms with van der Waals surface area (Å²) in [5.41, 5.74) is -0.911. The Morgan fingerprint density at radius 1 is 0.600 bits per heavy atom. The highest BCUT2D eigenvalue weighted by atomic mass is 16.6. The molecular formula is C32H42O8. The van der Waals surface area contributed by atoms with Gasteiger partial charge in [0.2, 0.25) is 0 Å². The van der Waals surface area contributed by atoms with Crippen LogP contribution in [0.15, 0.2) is 48.5 Å². The van der Waals surface area contributed by atoms with E-state index in [1.807, 2.05) is 41.5 Å². The van der Waals surface area contributed by atoms with Crippen molar-refractivity contribution in [2.24, 2.45) is 0 Å². The monoisotopic (exact) mass is 554 g/mol. The Hall–Kier alpha value is -3.68. The van der Waals surface area contributed by atoms with Gasteiger partial charge in [0.1, 0.15) is 33.8 Å². The zero-order valence-corrected chi connectivity index (χ0v) is 24.5. The van der Waals surface area contributed by atoms with E-state index in [1.165, 1.54) is 0 Å². The fourth-order valence-electron chi connectivity index (χ4n) is 4.25. The van der Waals surface area contributed by atoms with E-state index in [9.17, 15) is 19.2 Å². The third-order valence-electron chi connectivity index (χ3n) is 6.12. The average molecular weight is 555 g/mol. The van der Waals surface area contributed by atoms with Crippen molar-refractivity contribution in [3.8, 4) is 11.5 Å². The van der Waals surface area contributed by atoms with Crippen LogP contribution in [0.3, 0.4) is 0 Å². The summed E-state index contributed by atoms with van der Waals surface area (Å²) in [4.78, 5) is 50.3. The number of hydrogen-bond donors (Lipinski definition) is 0. The maximum absolute atomic E-state index is 12.7. The number of para-hydroxylation sites is 2. The van der Waals surface area contributed by atoms with Crippen LogP contribution in [0.4, 0.5) is 0 Å². The van der Waals surface area contributed by atoms with Crippen molar-refractivity contribution in [1.29, 1.82) is 0 Å². The number of carbonyl (C=O) groups is 4. The summed E-state index contributed by atoms with van der Waals surface area (Å²) in [6.45, 7) is 11.4. The number of esters is 4. The van der Waals surface area contributed by atoms with Crippen molar-refractivity contribution < 1.29 is 38.1 Å². The second-order valence-electron chi connectivity index (χ2n) is 10.9. The van der Waals surface area contributed by atoms with E-state index >= 15 is 0 Å². The van der Waals surface area contributed by atoms with Gasteiger partial charge in [-0.3, -0.25) is 9.59 Å². The molecule has 2 aromatic rings. The number of benzene rings is 2. The van der Waals surface area contributed by atoms with Gasteiger partial charge in [0, 0.05) is 12.8 Å². The zero-order chi connectivity index (χ0) is 29.8. The molecule has 0 aromatic heterocycles. The van der Waals surface area contributed by atoms with Gasteiger partial charge in [-0.1, -0.05) is 51.0 Å². The van der Waals surface area contributed by atoms with E-state index in [2.05, 4.69) is 0 Å². The van der Waals surface area contributed by atoms with Gasteiger partial charge in [0.15, 0.2) is 0 Å². The average Bonchev–Trinajstić information content (AvgIpc) is 2.86. The Balaban J connectivity index is 1.86. The van der Waals surface area contributed by atoms with Crippen LogP contribution in [0.2, 0.25) is 0 Å². The van der Waals surface area contributed by atoms with Gasteiger partial charge in [0.05, 0.1) is 0 Å². The summed E-state index contributed by atoms with van der Waals surface area (Å²) in [7, 11) is 0. The lowest BCUT2D eigenvalue weighted by molar-refractivity contribution is -0.136. The molecule has 8 heteroatoms. The van der Waals surface area contributed by atoms with E-state index in [0.717, 1.165) is 12.8 Å². The van der Waals surface area contributed by atoms with E-state index in [-0.39, 0.29) is 35.5 Å². The molecule has 0 aliphatic carbocycles. The van der Waals surface area contributed by atoms with Crippen LogP contribution in [0, 0.1) is 0 Å². The lowest BCUT2D eigenvalue weighted by Gasteiger charge is -2.25. The molecule has 0 unspecified atom stereocenters. The summed E-state index contributed by atoms with van der Waals surface area (Å²) >= 11 is 0. The van der Waals surface area contributed by atoms with Crippen LogP contribution >= 0.6 is 0 Å². The quantitative estimate of drug-likeness (QED) is 0.129. The molecule has 0 saturated heterocycles. The standard InChI is InChI=1S/C32H42O8/c1-7-21-31(3,4)39-29(35)23-15-9-11-17-25(23)37-27(33)19-13-14-20-28(34)38-26-18-12-10-16-24(26)30(36)40-32(5,6)22-8-2/h9-12,15-18H,7-8,13-14,19-22H2,1-6H3. The van der Waals surface area contributed by atoms with Gasteiger partial charge in [-0.05, 0) is 77.6 Å². The summed E-state index contributed by atoms with van der Waals surface area (Å²) < 4.78 is 22.1. The number of rotatable bonds is 15. The summed E-state index contributed by atoms with van der Waals surface area (Å²) in [5, 5.41) is 0. The first-order valence-corrected chi connectivity index (χ1v) is 13.9. The predicted octanol–water partition coefficient (Wildman–Crippen LogP) is 7.23. The molecule has 0 spiro atoms. The fourth-order valence-corrected chi connectivity index (χ4v) is 4.25. The second kappa shape index (κ2) is 15.2. The van der Waals surface area contributed by atoms with Gasteiger partial charge < -0.3 is 18.9 Å². The number of hydrogen-bond acceptors (Lipinski definition) is 8. The highest BCUT2D eigenvalue weighted by Crippen LogP contribution is 2.26. The molecule has 2 rings (SSSR count). The zero-order valence-electron chi connectivity index (χ0n) is 24.5. The molecule has 0 N–H and O–H groups in total.